The molecule has 1 saturated carbocycles. The number of rotatable bonds is 6. The summed E-state index contributed by atoms with van der Waals surface area (Å²) in [6.45, 7) is 0.460. The van der Waals surface area contributed by atoms with Crippen LogP contribution in [-0.2, 0) is 6.61 Å². The molecule has 0 unspecified atom stereocenters. The van der Waals surface area contributed by atoms with Gasteiger partial charge in [0.15, 0.2) is 11.5 Å². The molecule has 0 amide bonds. The van der Waals surface area contributed by atoms with Gasteiger partial charge in [-0.15, -0.1) is 0 Å². The number of anilines is 1. The standard InChI is InChI=1S/C24H24N4O2/c1-29-19-11-10-18(14-20(19)30-15-16-6-3-2-4-7-16)21-22-23(25)26-12-13-28(22)24(27-21)17-8-5-9-17/h2-4,6-7,10-14,17H,5,8-9,15H2,1H3,(H2,25,26). The van der Waals surface area contributed by atoms with Gasteiger partial charge in [0.2, 0.25) is 0 Å². The maximum absolute atomic E-state index is 6.27. The third-order valence-electron chi connectivity index (χ3n) is 5.75. The van der Waals surface area contributed by atoms with Crippen molar-refractivity contribution >= 4 is 11.3 Å². The second-order valence-corrected chi connectivity index (χ2v) is 7.62. The molecular formula is C24H24N4O2. The first-order valence-corrected chi connectivity index (χ1v) is 10.2. The van der Waals surface area contributed by atoms with Crippen LogP contribution in [0.25, 0.3) is 16.8 Å². The molecule has 6 nitrogen and oxygen atoms in total. The zero-order chi connectivity index (χ0) is 20.5. The molecule has 0 saturated heterocycles. The third kappa shape index (κ3) is 3.24. The Hall–Kier alpha value is -3.54. The first-order chi connectivity index (χ1) is 14.7. The highest BCUT2D eigenvalue weighted by Crippen LogP contribution is 2.40. The fourth-order valence-corrected chi connectivity index (χ4v) is 3.91. The molecule has 30 heavy (non-hydrogen) atoms. The Morgan fingerprint density at radius 2 is 1.93 bits per heavy atom. The predicted molar refractivity (Wildman–Crippen MR) is 117 cm³/mol. The molecule has 2 N–H and O–H groups in total. The highest BCUT2D eigenvalue weighted by Gasteiger charge is 2.27. The van der Waals surface area contributed by atoms with E-state index in [-0.39, 0.29) is 0 Å². The van der Waals surface area contributed by atoms with E-state index < -0.39 is 0 Å². The number of benzene rings is 2. The van der Waals surface area contributed by atoms with Crippen molar-refractivity contribution in [3.05, 3.63) is 72.3 Å². The van der Waals surface area contributed by atoms with Crippen LogP contribution in [-0.4, -0.2) is 21.5 Å². The van der Waals surface area contributed by atoms with Crippen molar-refractivity contribution in [2.45, 2.75) is 31.8 Å². The first-order valence-electron chi connectivity index (χ1n) is 10.2. The number of methoxy groups -OCH3 is 1. The van der Waals surface area contributed by atoms with Crippen LogP contribution in [0.15, 0.2) is 60.9 Å². The summed E-state index contributed by atoms with van der Waals surface area (Å²) < 4.78 is 13.7. The molecule has 0 atom stereocenters. The Morgan fingerprint density at radius 3 is 2.67 bits per heavy atom. The monoisotopic (exact) mass is 400 g/mol. The number of hydrogen-bond donors (Lipinski definition) is 1. The Bertz CT molecular complexity index is 1180. The molecule has 0 spiro atoms. The van der Waals surface area contributed by atoms with Crippen molar-refractivity contribution in [1.82, 2.24) is 14.4 Å². The summed E-state index contributed by atoms with van der Waals surface area (Å²) >= 11 is 0. The fraction of sp³-hybridized carbons (Fsp3) is 0.250. The lowest BCUT2D eigenvalue weighted by Crippen LogP contribution is -2.12. The van der Waals surface area contributed by atoms with Gasteiger partial charge in [0.1, 0.15) is 29.5 Å². The minimum Gasteiger partial charge on any atom is -0.493 e. The first kappa shape index (κ1) is 18.5. The molecule has 152 valence electrons. The van der Waals surface area contributed by atoms with E-state index in [2.05, 4.69) is 9.38 Å². The number of ether oxygens (including phenoxy) is 2. The van der Waals surface area contributed by atoms with Gasteiger partial charge < -0.3 is 15.2 Å². The minimum atomic E-state index is 0.460. The van der Waals surface area contributed by atoms with Crippen molar-refractivity contribution in [1.29, 1.82) is 0 Å². The van der Waals surface area contributed by atoms with E-state index in [1.54, 1.807) is 13.3 Å². The van der Waals surface area contributed by atoms with E-state index in [1.165, 1.54) is 6.42 Å². The lowest BCUT2D eigenvalue weighted by molar-refractivity contribution is 0.284. The normalized spacial score (nSPS) is 13.9. The van der Waals surface area contributed by atoms with Gasteiger partial charge in [-0.05, 0) is 36.6 Å². The van der Waals surface area contributed by atoms with Crippen LogP contribution in [0.1, 0.15) is 36.6 Å². The van der Waals surface area contributed by atoms with Crippen LogP contribution in [0.4, 0.5) is 5.82 Å². The van der Waals surface area contributed by atoms with Crippen molar-refractivity contribution in [2.24, 2.45) is 0 Å². The molecule has 0 aliphatic heterocycles. The Morgan fingerprint density at radius 1 is 1.10 bits per heavy atom. The van der Waals surface area contributed by atoms with Crippen LogP contribution in [0.5, 0.6) is 11.5 Å². The van der Waals surface area contributed by atoms with E-state index in [0.717, 1.165) is 41.0 Å². The zero-order valence-electron chi connectivity index (χ0n) is 16.9. The summed E-state index contributed by atoms with van der Waals surface area (Å²) in [4.78, 5) is 9.31. The summed E-state index contributed by atoms with van der Waals surface area (Å²) in [6, 6.07) is 16.0. The second kappa shape index (κ2) is 7.71. The van der Waals surface area contributed by atoms with Gasteiger partial charge in [-0.2, -0.15) is 0 Å². The number of nitrogen functional groups attached to an aromatic ring is 1. The second-order valence-electron chi connectivity index (χ2n) is 7.62. The number of fused-ring (bicyclic) bond motifs is 1. The zero-order valence-corrected chi connectivity index (χ0v) is 16.9. The van der Waals surface area contributed by atoms with E-state index in [0.29, 0.717) is 29.8 Å². The Kier molecular flexibility index (Phi) is 4.75. The Labute approximate surface area is 175 Å². The van der Waals surface area contributed by atoms with E-state index in [4.69, 9.17) is 20.2 Å². The topological polar surface area (TPSA) is 74.7 Å². The molecule has 1 fully saturated rings. The largest absolute Gasteiger partial charge is 0.493 e. The van der Waals surface area contributed by atoms with Crippen molar-refractivity contribution in [3.63, 3.8) is 0 Å². The van der Waals surface area contributed by atoms with Gasteiger partial charge in [-0.1, -0.05) is 36.8 Å². The summed E-state index contributed by atoms with van der Waals surface area (Å²) in [5.74, 6) is 3.37. The molecule has 2 aromatic heterocycles. The molecule has 4 aromatic rings. The molecule has 5 rings (SSSR count). The van der Waals surface area contributed by atoms with Gasteiger partial charge in [0.25, 0.3) is 0 Å². The highest BCUT2D eigenvalue weighted by molar-refractivity contribution is 5.86. The molecule has 2 heterocycles. The number of nitrogens with zero attached hydrogens (tertiary/aromatic N) is 3. The fourth-order valence-electron chi connectivity index (χ4n) is 3.91. The van der Waals surface area contributed by atoms with Crippen LogP contribution in [0.2, 0.25) is 0 Å². The number of nitrogens with two attached hydrogens (primary N) is 1. The molecule has 1 aliphatic rings. The average Bonchev–Trinajstić information content (AvgIpc) is 3.12. The van der Waals surface area contributed by atoms with Crippen molar-refractivity contribution in [3.8, 4) is 22.8 Å². The lowest BCUT2D eigenvalue weighted by Gasteiger charge is -2.23. The molecular weight excluding hydrogens is 376 g/mol. The smallest absolute Gasteiger partial charge is 0.162 e. The van der Waals surface area contributed by atoms with Gasteiger partial charge in [0.05, 0.1) is 7.11 Å². The van der Waals surface area contributed by atoms with E-state index in [9.17, 15) is 0 Å². The third-order valence-corrected chi connectivity index (χ3v) is 5.75. The number of imidazole rings is 1. The van der Waals surface area contributed by atoms with Gasteiger partial charge in [-0.25, -0.2) is 9.97 Å². The maximum Gasteiger partial charge on any atom is 0.162 e. The number of hydrogen-bond acceptors (Lipinski definition) is 5. The predicted octanol–water partition coefficient (Wildman–Crippen LogP) is 4.83. The van der Waals surface area contributed by atoms with Gasteiger partial charge >= 0.3 is 0 Å². The Balaban J connectivity index is 1.56. The summed E-state index contributed by atoms with van der Waals surface area (Å²) in [7, 11) is 1.65. The molecule has 0 bridgehead atoms. The molecule has 6 heteroatoms. The van der Waals surface area contributed by atoms with Gasteiger partial charge in [-0.3, -0.25) is 4.40 Å². The van der Waals surface area contributed by atoms with Crippen LogP contribution in [0, 0.1) is 0 Å². The molecule has 0 radical (unpaired) electrons. The summed E-state index contributed by atoms with van der Waals surface area (Å²) in [6.07, 6.45) is 7.25. The maximum atomic E-state index is 6.27. The number of aromatic nitrogens is 3. The van der Waals surface area contributed by atoms with Crippen LogP contribution in [0.3, 0.4) is 0 Å². The molecule has 2 aromatic carbocycles. The average molecular weight is 400 g/mol. The summed E-state index contributed by atoms with van der Waals surface area (Å²) in [5.41, 5.74) is 9.97. The highest BCUT2D eigenvalue weighted by atomic mass is 16.5. The van der Waals surface area contributed by atoms with Crippen LogP contribution < -0.4 is 15.2 Å². The van der Waals surface area contributed by atoms with Crippen molar-refractivity contribution < 1.29 is 9.47 Å². The van der Waals surface area contributed by atoms with E-state index in [1.807, 2.05) is 54.7 Å². The van der Waals surface area contributed by atoms with Gasteiger partial charge in [0, 0.05) is 23.9 Å². The summed E-state index contributed by atoms with van der Waals surface area (Å²) in [5, 5.41) is 0. The van der Waals surface area contributed by atoms with E-state index >= 15 is 0 Å². The SMILES string of the molecule is COc1ccc(-c2nc(C3CCC3)n3ccnc(N)c23)cc1OCc1ccccc1. The lowest BCUT2D eigenvalue weighted by atomic mass is 9.85. The molecule has 1 aliphatic carbocycles. The minimum absolute atomic E-state index is 0.460. The van der Waals surface area contributed by atoms with Crippen LogP contribution >= 0.6 is 0 Å². The quantitative estimate of drug-likeness (QED) is 0.502. The van der Waals surface area contributed by atoms with Crippen molar-refractivity contribution in [2.75, 3.05) is 12.8 Å².